The Morgan fingerprint density at radius 1 is 1.22 bits per heavy atom. The van der Waals surface area contributed by atoms with Crippen LogP contribution in [0.4, 0.5) is 0 Å². The van der Waals surface area contributed by atoms with Crippen LogP contribution in [0.2, 0.25) is 0 Å². The van der Waals surface area contributed by atoms with E-state index >= 15 is 0 Å². The maximum absolute atomic E-state index is 12.0. The van der Waals surface area contributed by atoms with Crippen molar-refractivity contribution >= 4 is 33.7 Å². The molecule has 2 amide bonds. The SMILES string of the molecule is COC(=O)[C@H](NC(=O)CCNC(=O)c1ccccc1Br)C(C)C. The van der Waals surface area contributed by atoms with Crippen molar-refractivity contribution in [1.82, 2.24) is 10.6 Å². The van der Waals surface area contributed by atoms with Gasteiger partial charge in [0.2, 0.25) is 5.91 Å². The van der Waals surface area contributed by atoms with Gasteiger partial charge in [-0.25, -0.2) is 4.79 Å². The van der Waals surface area contributed by atoms with Crippen molar-refractivity contribution in [2.45, 2.75) is 26.3 Å². The van der Waals surface area contributed by atoms with E-state index in [4.69, 9.17) is 0 Å². The van der Waals surface area contributed by atoms with E-state index in [0.29, 0.717) is 10.0 Å². The summed E-state index contributed by atoms with van der Waals surface area (Å²) in [5.41, 5.74) is 0.502. The lowest BCUT2D eigenvalue weighted by Gasteiger charge is -2.19. The summed E-state index contributed by atoms with van der Waals surface area (Å²) in [4.78, 5) is 35.5. The van der Waals surface area contributed by atoms with Crippen LogP contribution in [0.1, 0.15) is 30.6 Å². The molecular formula is C16H21BrN2O4. The second-order valence-electron chi connectivity index (χ2n) is 5.30. The Balaban J connectivity index is 2.46. The molecule has 6 nitrogen and oxygen atoms in total. The van der Waals surface area contributed by atoms with Crippen molar-refractivity contribution < 1.29 is 19.1 Å². The number of methoxy groups -OCH3 is 1. The highest BCUT2D eigenvalue weighted by atomic mass is 79.9. The van der Waals surface area contributed by atoms with Crippen LogP contribution in [0, 0.1) is 5.92 Å². The first-order valence-electron chi connectivity index (χ1n) is 7.26. The van der Waals surface area contributed by atoms with E-state index in [1.54, 1.807) is 18.2 Å². The number of rotatable bonds is 7. The molecule has 0 aromatic heterocycles. The van der Waals surface area contributed by atoms with Gasteiger partial charge in [-0.1, -0.05) is 26.0 Å². The molecule has 23 heavy (non-hydrogen) atoms. The van der Waals surface area contributed by atoms with Gasteiger partial charge in [0.25, 0.3) is 5.91 Å². The van der Waals surface area contributed by atoms with Gasteiger partial charge >= 0.3 is 5.97 Å². The molecule has 0 heterocycles. The number of esters is 1. The van der Waals surface area contributed by atoms with Crippen molar-refractivity contribution in [2.75, 3.05) is 13.7 Å². The number of benzene rings is 1. The molecule has 0 fully saturated rings. The Bertz CT molecular complexity index is 575. The molecule has 0 bridgehead atoms. The molecule has 0 aliphatic heterocycles. The number of nitrogens with one attached hydrogen (secondary N) is 2. The average molecular weight is 385 g/mol. The molecule has 1 rings (SSSR count). The Morgan fingerprint density at radius 3 is 2.43 bits per heavy atom. The number of carbonyl (C=O) groups excluding carboxylic acids is 3. The largest absolute Gasteiger partial charge is 0.467 e. The minimum absolute atomic E-state index is 0.0798. The van der Waals surface area contributed by atoms with Gasteiger partial charge in [-0.2, -0.15) is 0 Å². The molecule has 0 saturated carbocycles. The Morgan fingerprint density at radius 2 is 1.87 bits per heavy atom. The second-order valence-corrected chi connectivity index (χ2v) is 6.15. The van der Waals surface area contributed by atoms with E-state index in [1.165, 1.54) is 7.11 Å². The fourth-order valence-electron chi connectivity index (χ4n) is 1.90. The van der Waals surface area contributed by atoms with Crippen molar-refractivity contribution in [1.29, 1.82) is 0 Å². The third-order valence-electron chi connectivity index (χ3n) is 3.19. The summed E-state index contributed by atoms with van der Waals surface area (Å²) >= 11 is 3.30. The standard InChI is InChI=1S/C16H21BrN2O4/c1-10(2)14(16(22)23-3)19-13(20)8-9-18-15(21)11-6-4-5-7-12(11)17/h4-7,10,14H,8-9H2,1-3H3,(H,18,21)(H,19,20)/t14-/m1/s1. The Kier molecular flexibility index (Phi) is 7.74. The Hall–Kier alpha value is -1.89. The van der Waals surface area contributed by atoms with E-state index in [9.17, 15) is 14.4 Å². The first-order valence-corrected chi connectivity index (χ1v) is 8.06. The van der Waals surface area contributed by atoms with Crippen LogP contribution < -0.4 is 10.6 Å². The zero-order chi connectivity index (χ0) is 17.4. The molecule has 0 unspecified atom stereocenters. The van der Waals surface area contributed by atoms with E-state index in [0.717, 1.165) is 0 Å². The zero-order valence-corrected chi connectivity index (χ0v) is 15.0. The second kappa shape index (κ2) is 9.29. The number of amides is 2. The molecule has 0 aliphatic rings. The first-order chi connectivity index (χ1) is 10.9. The lowest BCUT2D eigenvalue weighted by atomic mass is 10.0. The van der Waals surface area contributed by atoms with Crippen LogP contribution in [-0.4, -0.2) is 37.5 Å². The molecule has 0 saturated heterocycles. The zero-order valence-electron chi connectivity index (χ0n) is 13.4. The quantitative estimate of drug-likeness (QED) is 0.702. The van der Waals surface area contributed by atoms with Crippen LogP contribution in [0.25, 0.3) is 0 Å². The third kappa shape index (κ3) is 6.02. The third-order valence-corrected chi connectivity index (χ3v) is 3.89. The molecule has 1 aromatic carbocycles. The van der Waals surface area contributed by atoms with Crippen LogP contribution in [0.5, 0.6) is 0 Å². The summed E-state index contributed by atoms with van der Waals surface area (Å²) in [5, 5.41) is 5.29. The maximum atomic E-state index is 12.0. The molecule has 0 aliphatic carbocycles. The smallest absolute Gasteiger partial charge is 0.328 e. The molecular weight excluding hydrogens is 364 g/mol. The van der Waals surface area contributed by atoms with Crippen LogP contribution in [-0.2, 0) is 14.3 Å². The number of ether oxygens (including phenoxy) is 1. The molecule has 0 spiro atoms. The summed E-state index contributed by atoms with van der Waals surface area (Å²) in [6.45, 7) is 3.81. The van der Waals surface area contributed by atoms with Gasteiger partial charge in [0.05, 0.1) is 12.7 Å². The summed E-state index contributed by atoms with van der Waals surface area (Å²) < 4.78 is 5.35. The topological polar surface area (TPSA) is 84.5 Å². The number of hydrogen-bond donors (Lipinski definition) is 2. The van der Waals surface area contributed by atoms with Crippen molar-refractivity contribution in [3.63, 3.8) is 0 Å². The first kappa shape index (κ1) is 19.2. The van der Waals surface area contributed by atoms with Gasteiger partial charge in [0.1, 0.15) is 6.04 Å². The summed E-state index contributed by atoms with van der Waals surface area (Å²) in [7, 11) is 1.28. The highest BCUT2D eigenvalue weighted by Gasteiger charge is 2.24. The number of hydrogen-bond acceptors (Lipinski definition) is 4. The number of halogens is 1. The minimum atomic E-state index is -0.688. The van der Waals surface area contributed by atoms with Crippen molar-refractivity contribution in [3.8, 4) is 0 Å². The van der Waals surface area contributed by atoms with E-state index in [2.05, 4.69) is 31.3 Å². The minimum Gasteiger partial charge on any atom is -0.467 e. The highest BCUT2D eigenvalue weighted by Crippen LogP contribution is 2.15. The summed E-state index contributed by atoms with van der Waals surface area (Å²) in [5.74, 6) is -1.15. The van der Waals surface area contributed by atoms with E-state index in [-0.39, 0.29) is 30.7 Å². The molecule has 7 heteroatoms. The maximum Gasteiger partial charge on any atom is 0.328 e. The lowest BCUT2D eigenvalue weighted by molar-refractivity contribution is -0.146. The van der Waals surface area contributed by atoms with Gasteiger partial charge in [0.15, 0.2) is 0 Å². The van der Waals surface area contributed by atoms with Crippen LogP contribution in [0.15, 0.2) is 28.7 Å². The van der Waals surface area contributed by atoms with Gasteiger partial charge < -0.3 is 15.4 Å². The highest BCUT2D eigenvalue weighted by molar-refractivity contribution is 9.10. The van der Waals surface area contributed by atoms with Gasteiger partial charge in [-0.05, 0) is 34.0 Å². The van der Waals surface area contributed by atoms with Crippen molar-refractivity contribution in [3.05, 3.63) is 34.3 Å². The lowest BCUT2D eigenvalue weighted by Crippen LogP contribution is -2.45. The molecule has 1 atom stereocenters. The molecule has 1 aromatic rings. The molecule has 126 valence electrons. The predicted molar refractivity (Wildman–Crippen MR) is 89.9 cm³/mol. The summed E-state index contributed by atoms with van der Waals surface area (Å²) in [6, 6.07) is 6.34. The molecule has 2 N–H and O–H groups in total. The average Bonchev–Trinajstić information content (AvgIpc) is 2.51. The van der Waals surface area contributed by atoms with Gasteiger partial charge in [0, 0.05) is 17.4 Å². The van der Waals surface area contributed by atoms with E-state index < -0.39 is 12.0 Å². The van der Waals surface area contributed by atoms with Crippen LogP contribution in [0.3, 0.4) is 0 Å². The van der Waals surface area contributed by atoms with Gasteiger partial charge in [-0.15, -0.1) is 0 Å². The fraction of sp³-hybridized carbons (Fsp3) is 0.438. The van der Waals surface area contributed by atoms with E-state index in [1.807, 2.05) is 19.9 Å². The summed E-state index contributed by atoms with van der Waals surface area (Å²) in [6.07, 6.45) is 0.0798. The number of carbonyl (C=O) groups is 3. The van der Waals surface area contributed by atoms with Crippen LogP contribution >= 0.6 is 15.9 Å². The van der Waals surface area contributed by atoms with Gasteiger partial charge in [-0.3, -0.25) is 9.59 Å². The van der Waals surface area contributed by atoms with Crippen molar-refractivity contribution in [2.24, 2.45) is 5.92 Å². The predicted octanol–water partition coefficient (Wildman–Crippen LogP) is 1.88. The Labute approximate surface area is 144 Å². The monoisotopic (exact) mass is 384 g/mol. The molecule has 0 radical (unpaired) electrons. The fourth-order valence-corrected chi connectivity index (χ4v) is 2.37. The normalized spacial score (nSPS) is 11.7.